The summed E-state index contributed by atoms with van der Waals surface area (Å²) in [6.07, 6.45) is 4.54. The standard InChI is InChI=1S/C22H29N3O3/c1-14(2)28-18-4-5-19(23-13-18)25-8-6-15(7-9-25)21-20-16(12-24-21)10-17(26)11-22(20,3)27/h4-5,13-15,27H,6-12H2,1-3H3. The third-order valence-electron chi connectivity index (χ3n) is 5.84. The second-order valence-electron chi connectivity index (χ2n) is 8.63. The number of aliphatic imine (C=N–C) groups is 1. The molecule has 1 N–H and O–H groups in total. The highest BCUT2D eigenvalue weighted by Gasteiger charge is 2.43. The van der Waals surface area contributed by atoms with E-state index >= 15 is 0 Å². The second kappa shape index (κ2) is 7.32. The molecular weight excluding hydrogens is 354 g/mol. The molecule has 1 fully saturated rings. The fraction of sp³-hybridized carbons (Fsp3) is 0.591. The summed E-state index contributed by atoms with van der Waals surface area (Å²) in [5.41, 5.74) is 1.96. The first-order valence-corrected chi connectivity index (χ1v) is 10.2. The zero-order chi connectivity index (χ0) is 19.9. The van der Waals surface area contributed by atoms with Crippen LogP contribution in [0.5, 0.6) is 5.75 Å². The van der Waals surface area contributed by atoms with Crippen molar-refractivity contribution in [2.24, 2.45) is 10.9 Å². The fourth-order valence-electron chi connectivity index (χ4n) is 4.71. The Balaban J connectivity index is 1.41. The van der Waals surface area contributed by atoms with Crippen molar-refractivity contribution in [1.29, 1.82) is 0 Å². The quantitative estimate of drug-likeness (QED) is 0.865. The molecular formula is C22H29N3O3. The van der Waals surface area contributed by atoms with Gasteiger partial charge in [-0.3, -0.25) is 9.79 Å². The van der Waals surface area contributed by atoms with Crippen LogP contribution in [0, 0.1) is 5.92 Å². The van der Waals surface area contributed by atoms with Gasteiger partial charge in [0.2, 0.25) is 0 Å². The number of ether oxygens (including phenoxy) is 1. The highest BCUT2D eigenvalue weighted by molar-refractivity contribution is 6.08. The van der Waals surface area contributed by atoms with Gasteiger partial charge in [0.05, 0.1) is 24.4 Å². The Morgan fingerprint density at radius 2 is 2.04 bits per heavy atom. The van der Waals surface area contributed by atoms with Crippen LogP contribution < -0.4 is 9.64 Å². The summed E-state index contributed by atoms with van der Waals surface area (Å²) < 4.78 is 5.67. The van der Waals surface area contributed by atoms with Crippen LogP contribution in [-0.4, -0.2) is 52.9 Å². The summed E-state index contributed by atoms with van der Waals surface area (Å²) >= 11 is 0. The largest absolute Gasteiger partial charge is 0.489 e. The third kappa shape index (κ3) is 3.70. The Hall–Kier alpha value is -2.21. The number of nitrogens with zero attached hydrogens (tertiary/aromatic N) is 3. The van der Waals surface area contributed by atoms with Crippen molar-refractivity contribution in [1.82, 2.24) is 4.98 Å². The third-order valence-corrected chi connectivity index (χ3v) is 5.84. The van der Waals surface area contributed by atoms with Crippen LogP contribution in [0.25, 0.3) is 0 Å². The van der Waals surface area contributed by atoms with Crippen LogP contribution in [-0.2, 0) is 4.79 Å². The van der Waals surface area contributed by atoms with E-state index in [1.54, 1.807) is 13.1 Å². The Kier molecular flexibility index (Phi) is 5.00. The van der Waals surface area contributed by atoms with Crippen LogP contribution in [0.15, 0.2) is 34.5 Å². The van der Waals surface area contributed by atoms with Gasteiger partial charge in [0.1, 0.15) is 17.4 Å². The van der Waals surface area contributed by atoms with Gasteiger partial charge in [0.15, 0.2) is 0 Å². The summed E-state index contributed by atoms with van der Waals surface area (Å²) in [6.45, 7) is 8.16. The minimum absolute atomic E-state index is 0.117. The number of Topliss-reactive ketones (excluding diaryl/α,β-unsaturated/α-hetero) is 1. The van der Waals surface area contributed by atoms with Gasteiger partial charge < -0.3 is 14.7 Å². The summed E-state index contributed by atoms with van der Waals surface area (Å²) in [5.74, 6) is 2.22. The van der Waals surface area contributed by atoms with Crippen LogP contribution in [0.2, 0.25) is 0 Å². The first-order chi connectivity index (χ1) is 13.3. The van der Waals surface area contributed by atoms with Gasteiger partial charge in [-0.05, 0) is 51.3 Å². The number of carbonyl (C=O) groups is 1. The maximum atomic E-state index is 11.9. The van der Waals surface area contributed by atoms with Gasteiger partial charge in [-0.15, -0.1) is 0 Å². The average molecular weight is 383 g/mol. The average Bonchev–Trinajstić information content (AvgIpc) is 3.06. The molecule has 28 heavy (non-hydrogen) atoms. The molecule has 6 heteroatoms. The number of anilines is 1. The van der Waals surface area contributed by atoms with Crippen molar-refractivity contribution in [3.05, 3.63) is 29.5 Å². The van der Waals surface area contributed by atoms with Crippen molar-refractivity contribution in [3.8, 4) is 5.75 Å². The molecule has 3 aliphatic rings. The Labute approximate surface area is 166 Å². The number of carbonyl (C=O) groups excluding carboxylic acids is 1. The second-order valence-corrected chi connectivity index (χ2v) is 8.63. The van der Waals surface area contributed by atoms with E-state index in [0.717, 1.165) is 54.4 Å². The minimum Gasteiger partial charge on any atom is -0.489 e. The summed E-state index contributed by atoms with van der Waals surface area (Å²) in [6, 6.07) is 3.99. The maximum Gasteiger partial charge on any atom is 0.140 e. The number of hydrogen-bond acceptors (Lipinski definition) is 6. The Morgan fingerprint density at radius 1 is 1.29 bits per heavy atom. The number of piperidine rings is 1. The molecule has 1 aromatic heterocycles. The topological polar surface area (TPSA) is 75.0 Å². The van der Waals surface area contributed by atoms with Gasteiger partial charge in [0, 0.05) is 43.1 Å². The number of pyridine rings is 1. The molecule has 1 saturated heterocycles. The van der Waals surface area contributed by atoms with E-state index in [1.807, 2.05) is 26.0 Å². The Morgan fingerprint density at radius 3 is 2.68 bits per heavy atom. The SMILES string of the molecule is CC(C)Oc1ccc(N2CCC(C3=NCC4=C3C(C)(O)CC(=O)C4)CC2)nc1. The van der Waals surface area contributed by atoms with Crippen molar-refractivity contribution in [2.75, 3.05) is 24.5 Å². The molecule has 0 saturated carbocycles. The molecule has 1 aliphatic carbocycles. The molecule has 2 aliphatic heterocycles. The highest BCUT2D eigenvalue weighted by atomic mass is 16.5. The normalized spacial score (nSPS) is 26.0. The lowest BCUT2D eigenvalue weighted by Crippen LogP contribution is -2.42. The zero-order valence-corrected chi connectivity index (χ0v) is 16.9. The summed E-state index contributed by atoms with van der Waals surface area (Å²) in [4.78, 5) is 23.5. The van der Waals surface area contributed by atoms with E-state index in [0.29, 0.717) is 18.9 Å². The lowest BCUT2D eigenvalue weighted by atomic mass is 9.74. The predicted octanol–water partition coefficient (Wildman–Crippen LogP) is 2.95. The van der Waals surface area contributed by atoms with E-state index in [-0.39, 0.29) is 18.3 Å². The zero-order valence-electron chi connectivity index (χ0n) is 16.9. The molecule has 1 unspecified atom stereocenters. The molecule has 4 rings (SSSR count). The van der Waals surface area contributed by atoms with Crippen LogP contribution >= 0.6 is 0 Å². The predicted molar refractivity (Wildman–Crippen MR) is 109 cm³/mol. The maximum absolute atomic E-state index is 11.9. The number of aromatic nitrogens is 1. The van der Waals surface area contributed by atoms with Crippen molar-refractivity contribution >= 4 is 17.3 Å². The highest BCUT2D eigenvalue weighted by Crippen LogP contribution is 2.40. The van der Waals surface area contributed by atoms with Gasteiger partial charge >= 0.3 is 0 Å². The molecule has 150 valence electrons. The van der Waals surface area contributed by atoms with E-state index in [4.69, 9.17) is 9.73 Å². The van der Waals surface area contributed by atoms with Gasteiger partial charge in [-0.25, -0.2) is 4.98 Å². The summed E-state index contributed by atoms with van der Waals surface area (Å²) in [5, 5.41) is 10.8. The smallest absolute Gasteiger partial charge is 0.140 e. The minimum atomic E-state index is -1.06. The lowest BCUT2D eigenvalue weighted by molar-refractivity contribution is -0.122. The lowest BCUT2D eigenvalue weighted by Gasteiger charge is -2.37. The van der Waals surface area contributed by atoms with Crippen molar-refractivity contribution < 1.29 is 14.6 Å². The molecule has 0 amide bonds. The molecule has 1 aromatic rings. The van der Waals surface area contributed by atoms with Crippen LogP contribution in [0.3, 0.4) is 0 Å². The number of hydrogen-bond donors (Lipinski definition) is 1. The first kappa shape index (κ1) is 19.1. The first-order valence-electron chi connectivity index (χ1n) is 10.2. The monoisotopic (exact) mass is 383 g/mol. The van der Waals surface area contributed by atoms with Gasteiger partial charge in [-0.2, -0.15) is 0 Å². The molecule has 6 nitrogen and oxygen atoms in total. The molecule has 0 spiro atoms. The van der Waals surface area contributed by atoms with Gasteiger partial charge in [-0.1, -0.05) is 0 Å². The molecule has 0 bridgehead atoms. The van der Waals surface area contributed by atoms with Crippen LogP contribution in [0.1, 0.15) is 46.5 Å². The van der Waals surface area contributed by atoms with Crippen molar-refractivity contribution in [3.63, 3.8) is 0 Å². The number of aliphatic hydroxyl groups is 1. The van der Waals surface area contributed by atoms with Crippen molar-refractivity contribution in [2.45, 2.75) is 58.2 Å². The molecule has 1 atom stereocenters. The molecule has 0 aromatic carbocycles. The Bertz CT molecular complexity index is 816. The number of rotatable bonds is 4. The molecule has 3 heterocycles. The number of ketones is 1. The van der Waals surface area contributed by atoms with E-state index in [9.17, 15) is 9.90 Å². The van der Waals surface area contributed by atoms with E-state index < -0.39 is 5.60 Å². The van der Waals surface area contributed by atoms with Crippen LogP contribution in [0.4, 0.5) is 5.82 Å². The summed E-state index contributed by atoms with van der Waals surface area (Å²) in [7, 11) is 0. The van der Waals surface area contributed by atoms with Gasteiger partial charge in [0.25, 0.3) is 0 Å². The van der Waals surface area contributed by atoms with E-state index in [2.05, 4.69) is 9.88 Å². The molecule has 0 radical (unpaired) electrons. The fourth-order valence-corrected chi connectivity index (χ4v) is 4.71. The van der Waals surface area contributed by atoms with E-state index in [1.165, 1.54) is 0 Å².